The van der Waals surface area contributed by atoms with Crippen molar-refractivity contribution in [1.82, 2.24) is 10.2 Å². The molecule has 1 N–H and O–H groups in total. The molecule has 2 rings (SSSR count). The zero-order chi connectivity index (χ0) is 26.5. The molecule has 192 valence electrons. The molecule has 2 aromatic rings. The van der Waals surface area contributed by atoms with Crippen LogP contribution in [0.3, 0.4) is 0 Å². The first-order valence-corrected chi connectivity index (χ1v) is 13.6. The minimum absolute atomic E-state index is 0.0126. The largest absolute Gasteiger partial charge is 0.354 e. The molecule has 35 heavy (non-hydrogen) atoms. The first kappa shape index (κ1) is 29.2. The molecule has 0 unspecified atom stereocenters. The molecule has 0 heterocycles. The summed E-state index contributed by atoms with van der Waals surface area (Å²) in [6.45, 7) is 5.15. The second kappa shape index (κ2) is 12.3. The number of rotatable bonds is 10. The lowest BCUT2D eigenvalue weighted by atomic mass is 10.1. The fourth-order valence-electron chi connectivity index (χ4n) is 3.12. The topological polar surface area (TPSA) is 86.8 Å². The van der Waals surface area contributed by atoms with Crippen LogP contribution >= 0.6 is 34.8 Å². The number of nitrogens with one attached hydrogen (secondary N) is 1. The molecule has 0 fully saturated rings. The van der Waals surface area contributed by atoms with E-state index in [4.69, 9.17) is 34.8 Å². The van der Waals surface area contributed by atoms with Crippen molar-refractivity contribution in [3.05, 3.63) is 62.8 Å². The zero-order valence-corrected chi connectivity index (χ0v) is 22.8. The van der Waals surface area contributed by atoms with E-state index in [1.807, 2.05) is 13.8 Å². The fourth-order valence-corrected chi connectivity index (χ4v) is 4.46. The maximum atomic E-state index is 13.6. The molecule has 12 heteroatoms. The number of amides is 2. The number of carbonyl (C=O) groups is 2. The fraction of sp³-hybridized carbons (Fsp3) is 0.391. The third-order valence-electron chi connectivity index (χ3n) is 5.06. The lowest BCUT2D eigenvalue weighted by Gasteiger charge is -2.31. The Morgan fingerprint density at radius 1 is 1.00 bits per heavy atom. The van der Waals surface area contributed by atoms with E-state index in [9.17, 15) is 22.4 Å². The molecule has 0 saturated carbocycles. The van der Waals surface area contributed by atoms with Crippen LogP contribution in [-0.2, 0) is 26.2 Å². The highest BCUT2D eigenvalue weighted by Crippen LogP contribution is 2.26. The van der Waals surface area contributed by atoms with Crippen LogP contribution in [-0.4, -0.2) is 50.5 Å². The van der Waals surface area contributed by atoms with Gasteiger partial charge in [0, 0.05) is 13.1 Å². The summed E-state index contributed by atoms with van der Waals surface area (Å²) < 4.78 is 39.5. The molecule has 0 radical (unpaired) electrons. The maximum Gasteiger partial charge on any atom is 0.244 e. The van der Waals surface area contributed by atoms with Crippen LogP contribution in [0.2, 0.25) is 15.1 Å². The summed E-state index contributed by atoms with van der Waals surface area (Å²) in [6, 6.07) is 7.18. The molecule has 0 aliphatic carbocycles. The summed E-state index contributed by atoms with van der Waals surface area (Å²) in [5, 5.41) is 3.08. The molecule has 2 aromatic carbocycles. The summed E-state index contributed by atoms with van der Waals surface area (Å²) in [5.41, 5.74) is 0.602. The van der Waals surface area contributed by atoms with Gasteiger partial charge in [0.05, 0.1) is 27.0 Å². The van der Waals surface area contributed by atoms with E-state index in [0.29, 0.717) is 17.1 Å². The molecule has 0 aromatic heterocycles. The number of benzene rings is 2. The third kappa shape index (κ3) is 8.24. The highest BCUT2D eigenvalue weighted by Gasteiger charge is 2.30. The van der Waals surface area contributed by atoms with Gasteiger partial charge in [-0.2, -0.15) is 0 Å². The Hall–Kier alpha value is -2.07. The third-order valence-corrected chi connectivity index (χ3v) is 7.23. The first-order chi connectivity index (χ1) is 16.2. The second-order valence-corrected chi connectivity index (χ2v) is 11.6. The highest BCUT2D eigenvalue weighted by molar-refractivity contribution is 7.92. The van der Waals surface area contributed by atoms with Gasteiger partial charge < -0.3 is 10.2 Å². The van der Waals surface area contributed by atoms with Crippen LogP contribution in [0.25, 0.3) is 0 Å². The Labute approximate surface area is 220 Å². The lowest BCUT2D eigenvalue weighted by molar-refractivity contribution is -0.139. The van der Waals surface area contributed by atoms with Crippen molar-refractivity contribution in [3.63, 3.8) is 0 Å². The van der Waals surface area contributed by atoms with E-state index in [0.717, 1.165) is 22.7 Å². The maximum absolute atomic E-state index is 13.6. The van der Waals surface area contributed by atoms with E-state index < -0.39 is 40.2 Å². The smallest absolute Gasteiger partial charge is 0.244 e. The van der Waals surface area contributed by atoms with Gasteiger partial charge in [0.2, 0.25) is 21.8 Å². The molecular weight excluding hydrogens is 540 g/mol. The molecule has 2 amide bonds. The summed E-state index contributed by atoms with van der Waals surface area (Å²) >= 11 is 17.9. The average molecular weight is 567 g/mol. The van der Waals surface area contributed by atoms with E-state index >= 15 is 0 Å². The molecule has 0 aliphatic rings. The van der Waals surface area contributed by atoms with E-state index in [1.165, 1.54) is 11.0 Å². The van der Waals surface area contributed by atoms with Crippen LogP contribution < -0.4 is 9.62 Å². The van der Waals surface area contributed by atoms with Crippen molar-refractivity contribution in [2.45, 2.75) is 33.4 Å². The highest BCUT2D eigenvalue weighted by atomic mass is 35.5. The van der Waals surface area contributed by atoms with Crippen molar-refractivity contribution in [1.29, 1.82) is 0 Å². The van der Waals surface area contributed by atoms with Crippen molar-refractivity contribution in [3.8, 4) is 0 Å². The Balaban J connectivity index is 2.41. The van der Waals surface area contributed by atoms with E-state index in [-0.39, 0.29) is 28.2 Å². The number of sulfonamides is 1. The Kier molecular flexibility index (Phi) is 10.2. The van der Waals surface area contributed by atoms with Gasteiger partial charge in [-0.15, -0.1) is 0 Å². The summed E-state index contributed by atoms with van der Waals surface area (Å²) in [7, 11) is -3.96. The van der Waals surface area contributed by atoms with E-state index in [2.05, 4.69) is 5.32 Å². The standard InChI is InChI=1S/C23H27Cl3FN3O4S/c1-14(2)11-28-23(32)15(3)29(12-16-5-7-18(24)19(25)9-16)22(31)13-30(35(4,33)34)17-6-8-21(27)20(26)10-17/h5-10,14-15H,11-13H2,1-4H3,(H,28,32)/t15-/m0/s1. The molecular formula is C23H27Cl3FN3O4S. The second-order valence-electron chi connectivity index (χ2n) is 8.45. The van der Waals surface area contributed by atoms with Crippen molar-refractivity contribution >= 4 is 62.3 Å². The van der Waals surface area contributed by atoms with Gasteiger partial charge >= 0.3 is 0 Å². The Bertz CT molecular complexity index is 1190. The van der Waals surface area contributed by atoms with Crippen LogP contribution in [0.5, 0.6) is 0 Å². The molecule has 0 spiro atoms. The SMILES string of the molecule is CC(C)CNC(=O)[C@H](C)N(Cc1ccc(Cl)c(Cl)c1)C(=O)CN(c1ccc(F)c(Cl)c1)S(C)(=O)=O. The number of carbonyl (C=O) groups excluding carboxylic acids is 2. The summed E-state index contributed by atoms with van der Waals surface area (Å²) in [6.07, 6.45) is 0.916. The van der Waals surface area contributed by atoms with Crippen molar-refractivity contribution < 1.29 is 22.4 Å². The van der Waals surface area contributed by atoms with Gasteiger partial charge in [-0.05, 0) is 48.7 Å². The van der Waals surface area contributed by atoms with Crippen LogP contribution in [0.1, 0.15) is 26.3 Å². The number of anilines is 1. The average Bonchev–Trinajstić information content (AvgIpc) is 2.77. The molecule has 7 nitrogen and oxygen atoms in total. The monoisotopic (exact) mass is 565 g/mol. The minimum Gasteiger partial charge on any atom is -0.354 e. The number of nitrogens with zero attached hydrogens (tertiary/aromatic N) is 2. The van der Waals surface area contributed by atoms with Crippen molar-refractivity contribution in [2.24, 2.45) is 5.92 Å². The molecule has 0 bridgehead atoms. The summed E-state index contributed by atoms with van der Waals surface area (Å²) in [5.74, 6) is -1.60. The van der Waals surface area contributed by atoms with Crippen LogP contribution in [0.4, 0.5) is 10.1 Å². The zero-order valence-electron chi connectivity index (χ0n) is 19.7. The van der Waals surface area contributed by atoms with Crippen molar-refractivity contribution in [2.75, 3.05) is 23.7 Å². The Morgan fingerprint density at radius 2 is 1.66 bits per heavy atom. The Morgan fingerprint density at radius 3 is 2.20 bits per heavy atom. The van der Waals surface area contributed by atoms with E-state index in [1.54, 1.807) is 25.1 Å². The number of hydrogen-bond acceptors (Lipinski definition) is 4. The minimum atomic E-state index is -3.96. The quantitative estimate of drug-likeness (QED) is 0.450. The first-order valence-electron chi connectivity index (χ1n) is 10.6. The van der Waals surface area contributed by atoms with Gasteiger partial charge in [0.1, 0.15) is 18.4 Å². The van der Waals surface area contributed by atoms with Crippen LogP contribution in [0, 0.1) is 11.7 Å². The molecule has 0 saturated heterocycles. The normalized spacial score (nSPS) is 12.4. The number of hydrogen-bond donors (Lipinski definition) is 1. The van der Waals surface area contributed by atoms with Gasteiger partial charge in [-0.1, -0.05) is 54.7 Å². The molecule has 1 atom stereocenters. The molecule has 0 aliphatic heterocycles. The van der Waals surface area contributed by atoms with Gasteiger partial charge in [-0.3, -0.25) is 13.9 Å². The predicted molar refractivity (Wildman–Crippen MR) is 138 cm³/mol. The summed E-state index contributed by atoms with van der Waals surface area (Å²) in [4.78, 5) is 27.5. The number of halogens is 4. The van der Waals surface area contributed by atoms with Gasteiger partial charge in [0.25, 0.3) is 0 Å². The van der Waals surface area contributed by atoms with Gasteiger partial charge in [-0.25, -0.2) is 12.8 Å². The predicted octanol–water partition coefficient (Wildman–Crippen LogP) is 4.74. The van der Waals surface area contributed by atoms with Crippen LogP contribution in [0.15, 0.2) is 36.4 Å². The van der Waals surface area contributed by atoms with Gasteiger partial charge in [0.15, 0.2) is 0 Å². The lowest BCUT2D eigenvalue weighted by Crippen LogP contribution is -2.51.